The number of aromatic nitrogens is 1. The van der Waals surface area contributed by atoms with Crippen LogP contribution in [0.1, 0.15) is 21.7 Å². The van der Waals surface area contributed by atoms with E-state index in [-0.39, 0.29) is 5.84 Å². The summed E-state index contributed by atoms with van der Waals surface area (Å²) in [5.74, 6) is 0.845. The molecule has 0 saturated carbocycles. The van der Waals surface area contributed by atoms with Crippen LogP contribution in [-0.2, 0) is 6.42 Å². The van der Waals surface area contributed by atoms with Gasteiger partial charge in [0.15, 0.2) is 5.84 Å². The highest BCUT2D eigenvalue weighted by Gasteiger charge is 2.16. The van der Waals surface area contributed by atoms with Crippen molar-refractivity contribution in [2.24, 2.45) is 10.9 Å². The Balaban J connectivity index is 2.28. The van der Waals surface area contributed by atoms with Crippen molar-refractivity contribution in [1.82, 2.24) is 4.98 Å². The minimum Gasteiger partial charge on any atom is -0.409 e. The van der Waals surface area contributed by atoms with Gasteiger partial charge in [0.25, 0.3) is 0 Å². The third kappa shape index (κ3) is 3.52. The average molecular weight is 304 g/mol. The molecule has 21 heavy (non-hydrogen) atoms. The van der Waals surface area contributed by atoms with E-state index in [0.29, 0.717) is 5.56 Å². The Kier molecular flexibility index (Phi) is 4.80. The van der Waals surface area contributed by atoms with Crippen LogP contribution in [0.5, 0.6) is 0 Å². The summed E-state index contributed by atoms with van der Waals surface area (Å²) in [6.07, 6.45) is 0.943. The van der Waals surface area contributed by atoms with Crippen LogP contribution < -0.4 is 10.6 Å². The van der Waals surface area contributed by atoms with E-state index in [0.717, 1.165) is 30.0 Å². The lowest BCUT2D eigenvalue weighted by Gasteiger charge is -2.22. The highest BCUT2D eigenvalue weighted by atomic mass is 32.1. The first kappa shape index (κ1) is 15.3. The van der Waals surface area contributed by atoms with Crippen molar-refractivity contribution in [3.63, 3.8) is 0 Å². The molecule has 2 aromatic rings. The van der Waals surface area contributed by atoms with Gasteiger partial charge in [-0.05, 0) is 43.3 Å². The number of likely N-dealkylation sites (N-methyl/N-ethyl adjacent to an activating group) is 1. The van der Waals surface area contributed by atoms with Crippen molar-refractivity contribution >= 4 is 23.0 Å². The number of oxime groups is 1. The SMILES string of the molecule is Cc1cc(C)c(C(N)=NO)c(N(C)CCc2cccs2)n1. The summed E-state index contributed by atoms with van der Waals surface area (Å²) in [7, 11) is 1.98. The zero-order valence-corrected chi connectivity index (χ0v) is 13.3. The van der Waals surface area contributed by atoms with Crippen molar-refractivity contribution in [3.05, 3.63) is 45.3 Å². The summed E-state index contributed by atoms with van der Waals surface area (Å²) >= 11 is 1.75. The number of thiophene rings is 1. The van der Waals surface area contributed by atoms with Crippen molar-refractivity contribution in [1.29, 1.82) is 0 Å². The number of amidine groups is 1. The first-order chi connectivity index (χ1) is 10.0. The number of nitrogens with zero attached hydrogens (tertiary/aromatic N) is 3. The third-order valence-electron chi connectivity index (χ3n) is 3.32. The Morgan fingerprint density at radius 3 is 2.86 bits per heavy atom. The van der Waals surface area contributed by atoms with Crippen LogP contribution in [0.25, 0.3) is 0 Å². The molecule has 2 aromatic heterocycles. The van der Waals surface area contributed by atoms with E-state index in [9.17, 15) is 0 Å². The van der Waals surface area contributed by atoms with Gasteiger partial charge in [-0.1, -0.05) is 11.2 Å². The van der Waals surface area contributed by atoms with Gasteiger partial charge in [0.05, 0.1) is 5.56 Å². The highest BCUT2D eigenvalue weighted by molar-refractivity contribution is 7.09. The maximum atomic E-state index is 8.99. The maximum Gasteiger partial charge on any atom is 0.174 e. The number of nitrogens with two attached hydrogens (primary N) is 1. The van der Waals surface area contributed by atoms with E-state index in [1.165, 1.54) is 4.88 Å². The van der Waals surface area contributed by atoms with E-state index in [1.54, 1.807) is 11.3 Å². The van der Waals surface area contributed by atoms with Crippen LogP contribution in [0, 0.1) is 13.8 Å². The molecule has 0 radical (unpaired) electrons. The molecule has 0 spiro atoms. The van der Waals surface area contributed by atoms with E-state index >= 15 is 0 Å². The molecule has 3 N–H and O–H groups in total. The fourth-order valence-corrected chi connectivity index (χ4v) is 3.00. The summed E-state index contributed by atoms with van der Waals surface area (Å²) in [5, 5.41) is 14.2. The zero-order valence-electron chi connectivity index (χ0n) is 12.5. The van der Waals surface area contributed by atoms with Gasteiger partial charge in [-0.2, -0.15) is 0 Å². The molecule has 6 heteroatoms. The topological polar surface area (TPSA) is 74.7 Å². The molecule has 0 aliphatic carbocycles. The molecule has 0 bridgehead atoms. The molecular weight excluding hydrogens is 284 g/mol. The summed E-state index contributed by atoms with van der Waals surface area (Å²) in [5.41, 5.74) is 8.37. The van der Waals surface area contributed by atoms with Gasteiger partial charge >= 0.3 is 0 Å². The van der Waals surface area contributed by atoms with Crippen LogP contribution in [-0.4, -0.2) is 29.6 Å². The molecule has 0 unspecified atom stereocenters. The van der Waals surface area contributed by atoms with Crippen molar-refractivity contribution in [2.75, 3.05) is 18.5 Å². The number of hydrogen-bond donors (Lipinski definition) is 2. The Hall–Kier alpha value is -2.08. The lowest BCUT2D eigenvalue weighted by Crippen LogP contribution is -2.27. The summed E-state index contributed by atoms with van der Waals surface area (Å²) in [6, 6.07) is 6.11. The standard InChI is InChI=1S/C15H20N4OS/c1-10-9-11(2)17-15(13(10)14(16)18-20)19(3)7-6-12-5-4-8-21-12/h4-5,8-9,20H,6-7H2,1-3H3,(H2,16,18). The normalized spacial score (nSPS) is 11.7. The molecule has 5 nitrogen and oxygen atoms in total. The van der Waals surface area contributed by atoms with Gasteiger partial charge in [0.1, 0.15) is 5.82 Å². The lowest BCUT2D eigenvalue weighted by molar-refractivity contribution is 0.318. The van der Waals surface area contributed by atoms with Gasteiger partial charge in [0.2, 0.25) is 0 Å². The van der Waals surface area contributed by atoms with Crippen LogP contribution in [0.4, 0.5) is 5.82 Å². The Morgan fingerprint density at radius 1 is 1.48 bits per heavy atom. The predicted molar refractivity (Wildman–Crippen MR) is 87.5 cm³/mol. The van der Waals surface area contributed by atoms with Crippen molar-refractivity contribution in [3.8, 4) is 0 Å². The number of pyridine rings is 1. The smallest absolute Gasteiger partial charge is 0.174 e. The van der Waals surface area contributed by atoms with Gasteiger partial charge in [-0.25, -0.2) is 4.98 Å². The van der Waals surface area contributed by atoms with E-state index in [2.05, 4.69) is 27.7 Å². The van der Waals surface area contributed by atoms with Gasteiger partial charge in [0, 0.05) is 24.2 Å². The number of aryl methyl sites for hydroxylation is 2. The fourth-order valence-electron chi connectivity index (χ4n) is 2.30. The second kappa shape index (κ2) is 6.58. The third-order valence-corrected chi connectivity index (χ3v) is 4.26. The van der Waals surface area contributed by atoms with Crippen molar-refractivity contribution in [2.45, 2.75) is 20.3 Å². The molecule has 2 rings (SSSR count). The average Bonchev–Trinajstić information content (AvgIpc) is 2.96. The van der Waals surface area contributed by atoms with Gasteiger partial charge < -0.3 is 15.8 Å². The number of rotatable bonds is 5. The van der Waals surface area contributed by atoms with Crippen LogP contribution in [0.2, 0.25) is 0 Å². The Morgan fingerprint density at radius 2 is 2.24 bits per heavy atom. The maximum absolute atomic E-state index is 8.99. The largest absolute Gasteiger partial charge is 0.409 e. The number of anilines is 1. The van der Waals surface area contributed by atoms with Crippen LogP contribution in [0.15, 0.2) is 28.7 Å². The minimum absolute atomic E-state index is 0.0953. The zero-order chi connectivity index (χ0) is 15.4. The molecule has 0 amide bonds. The Bertz CT molecular complexity index is 637. The Labute approximate surface area is 128 Å². The predicted octanol–water partition coefficient (Wildman–Crippen LogP) is 2.53. The summed E-state index contributed by atoms with van der Waals surface area (Å²) in [4.78, 5) is 7.94. The number of hydrogen-bond acceptors (Lipinski definition) is 5. The van der Waals surface area contributed by atoms with Crippen LogP contribution in [0.3, 0.4) is 0 Å². The summed E-state index contributed by atoms with van der Waals surface area (Å²) < 4.78 is 0. The molecule has 0 fully saturated rings. The molecule has 0 saturated heterocycles. The first-order valence-corrected chi connectivity index (χ1v) is 7.60. The molecule has 2 heterocycles. The van der Waals surface area contributed by atoms with E-state index in [1.807, 2.05) is 31.9 Å². The molecule has 0 aliphatic heterocycles. The second-order valence-corrected chi connectivity index (χ2v) is 6.05. The molecule has 0 aliphatic rings. The second-order valence-electron chi connectivity index (χ2n) is 5.02. The quantitative estimate of drug-likeness (QED) is 0.385. The molecule has 112 valence electrons. The molecule has 0 aromatic carbocycles. The van der Waals surface area contributed by atoms with E-state index < -0.39 is 0 Å². The lowest BCUT2D eigenvalue weighted by atomic mass is 10.1. The monoisotopic (exact) mass is 304 g/mol. The van der Waals surface area contributed by atoms with Gasteiger partial charge in [-0.15, -0.1) is 11.3 Å². The van der Waals surface area contributed by atoms with Crippen molar-refractivity contribution < 1.29 is 5.21 Å². The first-order valence-electron chi connectivity index (χ1n) is 6.72. The molecule has 0 atom stereocenters. The van der Waals surface area contributed by atoms with Gasteiger partial charge in [-0.3, -0.25) is 0 Å². The molecular formula is C15H20N4OS. The summed E-state index contributed by atoms with van der Waals surface area (Å²) in [6.45, 7) is 4.71. The van der Waals surface area contributed by atoms with Crippen LogP contribution >= 0.6 is 11.3 Å². The highest BCUT2D eigenvalue weighted by Crippen LogP contribution is 2.22. The fraction of sp³-hybridized carbons (Fsp3) is 0.333. The van der Waals surface area contributed by atoms with E-state index in [4.69, 9.17) is 10.9 Å². The minimum atomic E-state index is 0.0953.